The van der Waals surface area contributed by atoms with E-state index in [1.165, 1.54) is 24.0 Å². The summed E-state index contributed by atoms with van der Waals surface area (Å²) >= 11 is 0. The van der Waals surface area contributed by atoms with E-state index < -0.39 is 0 Å². The van der Waals surface area contributed by atoms with Crippen molar-refractivity contribution in [3.05, 3.63) is 23.4 Å². The summed E-state index contributed by atoms with van der Waals surface area (Å²) in [4.78, 5) is 2.31. The second-order valence-electron chi connectivity index (χ2n) is 3.65. The van der Waals surface area contributed by atoms with Crippen LogP contribution in [0.5, 0.6) is 0 Å². The van der Waals surface area contributed by atoms with Gasteiger partial charge < -0.3 is 4.90 Å². The van der Waals surface area contributed by atoms with Crippen molar-refractivity contribution in [1.29, 1.82) is 0 Å². The van der Waals surface area contributed by atoms with Crippen molar-refractivity contribution < 1.29 is 0 Å². The third kappa shape index (κ3) is 1.71. The number of likely N-dealkylation sites (N-methyl/N-ethyl adjacent to an activating group) is 1. The molecule has 0 N–H and O–H groups in total. The summed E-state index contributed by atoms with van der Waals surface area (Å²) in [5, 5.41) is 0. The summed E-state index contributed by atoms with van der Waals surface area (Å²) in [6.45, 7) is 6.69. The Morgan fingerprint density at radius 1 is 1.42 bits per heavy atom. The van der Waals surface area contributed by atoms with Gasteiger partial charge in [-0.15, -0.1) is 0 Å². The Morgan fingerprint density at radius 3 is 2.67 bits per heavy atom. The van der Waals surface area contributed by atoms with Gasteiger partial charge in [0.2, 0.25) is 0 Å². The zero-order valence-electron chi connectivity index (χ0n) is 8.59. The Balaban J connectivity index is 2.77. The van der Waals surface area contributed by atoms with Crippen LogP contribution in [0.1, 0.15) is 33.6 Å². The molecule has 0 aliphatic carbocycles. The largest absolute Gasteiger partial charge is 0.374 e. The van der Waals surface area contributed by atoms with Gasteiger partial charge in [-0.1, -0.05) is 13.3 Å². The Morgan fingerprint density at radius 2 is 2.08 bits per heavy atom. The van der Waals surface area contributed by atoms with Crippen LogP contribution in [0.2, 0.25) is 0 Å². The molecule has 1 unspecified atom stereocenters. The van der Waals surface area contributed by atoms with E-state index in [2.05, 4.69) is 45.0 Å². The first-order chi connectivity index (χ1) is 5.66. The van der Waals surface area contributed by atoms with E-state index in [-0.39, 0.29) is 0 Å². The Bertz CT molecular complexity index is 213. The first-order valence-corrected chi connectivity index (χ1v) is 4.74. The van der Waals surface area contributed by atoms with Gasteiger partial charge in [0, 0.05) is 13.1 Å². The van der Waals surface area contributed by atoms with Gasteiger partial charge in [-0.3, -0.25) is 0 Å². The van der Waals surface area contributed by atoms with Gasteiger partial charge in [0.1, 0.15) is 0 Å². The zero-order chi connectivity index (χ0) is 9.14. The molecular weight excluding hydrogens is 146 g/mol. The predicted octanol–water partition coefficient (Wildman–Crippen LogP) is 2.95. The molecule has 0 saturated carbocycles. The van der Waals surface area contributed by atoms with Crippen LogP contribution in [0.4, 0.5) is 0 Å². The van der Waals surface area contributed by atoms with E-state index in [4.69, 9.17) is 0 Å². The van der Waals surface area contributed by atoms with Crippen LogP contribution < -0.4 is 0 Å². The molecule has 1 heterocycles. The molecule has 0 aromatic heterocycles. The first kappa shape index (κ1) is 9.37. The fourth-order valence-electron chi connectivity index (χ4n) is 1.73. The molecule has 1 atom stereocenters. The van der Waals surface area contributed by atoms with Crippen molar-refractivity contribution in [3.8, 4) is 0 Å². The topological polar surface area (TPSA) is 3.24 Å². The molecule has 0 amide bonds. The monoisotopic (exact) mass is 165 g/mol. The van der Waals surface area contributed by atoms with E-state index >= 15 is 0 Å². The lowest BCUT2D eigenvalue weighted by Gasteiger charge is -2.31. The van der Waals surface area contributed by atoms with Crippen LogP contribution in [0.25, 0.3) is 0 Å². The maximum atomic E-state index is 2.31. The fraction of sp³-hybridized carbons (Fsp3) is 0.636. The zero-order valence-corrected chi connectivity index (χ0v) is 8.59. The van der Waals surface area contributed by atoms with Crippen molar-refractivity contribution in [2.24, 2.45) is 0 Å². The average molecular weight is 165 g/mol. The van der Waals surface area contributed by atoms with E-state index in [9.17, 15) is 0 Å². The van der Waals surface area contributed by atoms with Crippen LogP contribution in [0, 0.1) is 0 Å². The number of rotatable bonds is 2. The molecule has 0 saturated heterocycles. The number of hydrogen-bond donors (Lipinski definition) is 0. The molecule has 0 spiro atoms. The highest BCUT2D eigenvalue weighted by Gasteiger charge is 2.17. The molecule has 0 bridgehead atoms. The lowest BCUT2D eigenvalue weighted by molar-refractivity contribution is 0.341. The van der Waals surface area contributed by atoms with Crippen molar-refractivity contribution in [1.82, 2.24) is 4.90 Å². The van der Waals surface area contributed by atoms with Crippen LogP contribution in [0.3, 0.4) is 0 Å². The molecule has 1 aliphatic heterocycles. The molecular formula is C11H19N. The third-order valence-electron chi connectivity index (χ3n) is 2.74. The average Bonchev–Trinajstić information content (AvgIpc) is 2.06. The molecule has 1 aliphatic rings. The van der Waals surface area contributed by atoms with Crippen LogP contribution in [-0.2, 0) is 0 Å². The van der Waals surface area contributed by atoms with E-state index in [0.717, 1.165) is 0 Å². The lowest BCUT2D eigenvalue weighted by atomic mass is 9.96. The van der Waals surface area contributed by atoms with Crippen molar-refractivity contribution >= 4 is 0 Å². The Kier molecular flexibility index (Phi) is 2.96. The molecule has 1 rings (SSSR count). The van der Waals surface area contributed by atoms with Gasteiger partial charge in [-0.25, -0.2) is 0 Å². The summed E-state index contributed by atoms with van der Waals surface area (Å²) in [5.41, 5.74) is 2.97. The minimum Gasteiger partial charge on any atom is -0.374 e. The van der Waals surface area contributed by atoms with Gasteiger partial charge in [0.15, 0.2) is 0 Å². The van der Waals surface area contributed by atoms with Crippen molar-refractivity contribution in [3.63, 3.8) is 0 Å². The Labute approximate surface area is 75.8 Å². The maximum absolute atomic E-state index is 2.31. The quantitative estimate of drug-likeness (QED) is 0.608. The second-order valence-corrected chi connectivity index (χ2v) is 3.65. The molecule has 68 valence electrons. The summed E-state index contributed by atoms with van der Waals surface area (Å²) in [6.07, 6.45) is 6.90. The van der Waals surface area contributed by atoms with Crippen LogP contribution in [0.15, 0.2) is 23.4 Å². The number of nitrogens with zero attached hydrogens (tertiary/aromatic N) is 1. The minimum absolute atomic E-state index is 0.639. The highest BCUT2D eigenvalue weighted by Crippen LogP contribution is 2.23. The molecule has 1 heteroatoms. The molecule has 0 aromatic carbocycles. The molecule has 0 radical (unpaired) electrons. The molecule has 0 aromatic rings. The molecule has 1 nitrogen and oxygen atoms in total. The second kappa shape index (κ2) is 3.79. The number of allylic oxidation sites excluding steroid dienone is 2. The van der Waals surface area contributed by atoms with E-state index in [1.54, 1.807) is 0 Å². The van der Waals surface area contributed by atoms with Gasteiger partial charge in [0.25, 0.3) is 0 Å². The summed E-state index contributed by atoms with van der Waals surface area (Å²) in [6, 6.07) is 0.639. The summed E-state index contributed by atoms with van der Waals surface area (Å²) in [7, 11) is 2.16. The van der Waals surface area contributed by atoms with Gasteiger partial charge >= 0.3 is 0 Å². The van der Waals surface area contributed by atoms with Gasteiger partial charge in [0.05, 0.1) is 0 Å². The first-order valence-electron chi connectivity index (χ1n) is 4.74. The standard InChI is InChI=1S/C11H19N/c1-5-6-11-10(3)9(2)7-8-12(11)4/h7-8,11H,5-6H2,1-4H3. The minimum atomic E-state index is 0.639. The number of hydrogen-bond acceptors (Lipinski definition) is 1. The normalized spacial score (nSPS) is 23.7. The Hall–Kier alpha value is -0.720. The third-order valence-corrected chi connectivity index (χ3v) is 2.74. The van der Waals surface area contributed by atoms with Crippen LogP contribution >= 0.6 is 0 Å². The lowest BCUT2D eigenvalue weighted by Crippen LogP contribution is -2.30. The van der Waals surface area contributed by atoms with Crippen molar-refractivity contribution in [2.75, 3.05) is 7.05 Å². The smallest absolute Gasteiger partial charge is 0.0496 e. The predicted molar refractivity (Wildman–Crippen MR) is 54.0 cm³/mol. The summed E-state index contributed by atoms with van der Waals surface area (Å²) < 4.78 is 0. The highest BCUT2D eigenvalue weighted by molar-refractivity contribution is 5.29. The maximum Gasteiger partial charge on any atom is 0.0496 e. The fourth-order valence-corrected chi connectivity index (χ4v) is 1.73. The van der Waals surface area contributed by atoms with Gasteiger partial charge in [-0.05, 0) is 43.7 Å². The van der Waals surface area contributed by atoms with Crippen molar-refractivity contribution in [2.45, 2.75) is 39.7 Å². The highest BCUT2D eigenvalue weighted by atomic mass is 15.1. The van der Waals surface area contributed by atoms with Crippen LogP contribution in [-0.4, -0.2) is 18.0 Å². The summed E-state index contributed by atoms with van der Waals surface area (Å²) in [5.74, 6) is 0. The van der Waals surface area contributed by atoms with E-state index in [0.29, 0.717) is 6.04 Å². The molecule has 12 heavy (non-hydrogen) atoms. The molecule has 0 fully saturated rings. The SMILES string of the molecule is CCCC1C(C)=C(C)C=CN1C. The van der Waals surface area contributed by atoms with Gasteiger partial charge in [-0.2, -0.15) is 0 Å². The van der Waals surface area contributed by atoms with E-state index in [1.807, 2.05) is 0 Å².